The Hall–Kier alpha value is -0.870. The van der Waals surface area contributed by atoms with Gasteiger partial charge in [-0.2, -0.15) is 0 Å². The number of thiophene rings is 2. The van der Waals surface area contributed by atoms with E-state index in [2.05, 4.69) is 0 Å². The van der Waals surface area contributed by atoms with Gasteiger partial charge in [-0.25, -0.2) is 0 Å². The Labute approximate surface area is 122 Å². The van der Waals surface area contributed by atoms with Gasteiger partial charge in [0, 0.05) is 20.0 Å². The number of rotatable bonds is 2. The van der Waals surface area contributed by atoms with Gasteiger partial charge in [-0.3, -0.25) is 4.79 Å². The van der Waals surface area contributed by atoms with Crippen LogP contribution < -0.4 is 0 Å². The first-order chi connectivity index (χ1) is 8.65. The molecule has 0 N–H and O–H groups in total. The van der Waals surface area contributed by atoms with E-state index >= 15 is 0 Å². The molecule has 0 aliphatic rings. The SMILES string of the molecule is O=C(c1cc2sccc2s1)c1ccc(Cl)cc1Cl. The maximum atomic E-state index is 12.3. The van der Waals surface area contributed by atoms with Crippen molar-refractivity contribution in [2.75, 3.05) is 0 Å². The normalized spacial score (nSPS) is 11.0. The van der Waals surface area contributed by atoms with Gasteiger partial charge < -0.3 is 0 Å². The Morgan fingerprint density at radius 2 is 1.89 bits per heavy atom. The second-order valence-electron chi connectivity index (χ2n) is 3.71. The Morgan fingerprint density at radius 3 is 2.61 bits per heavy atom. The van der Waals surface area contributed by atoms with Crippen LogP contribution in [0.2, 0.25) is 10.0 Å². The first kappa shape index (κ1) is 12.2. The topological polar surface area (TPSA) is 17.1 Å². The van der Waals surface area contributed by atoms with Crippen molar-refractivity contribution in [2.45, 2.75) is 0 Å². The van der Waals surface area contributed by atoms with Gasteiger partial charge in [0.15, 0.2) is 0 Å². The molecule has 0 fully saturated rings. The van der Waals surface area contributed by atoms with Crippen LogP contribution in [0, 0.1) is 0 Å². The summed E-state index contributed by atoms with van der Waals surface area (Å²) in [6.45, 7) is 0. The van der Waals surface area contributed by atoms with Crippen LogP contribution in [0.5, 0.6) is 0 Å². The summed E-state index contributed by atoms with van der Waals surface area (Å²) in [5, 5.41) is 2.94. The van der Waals surface area contributed by atoms with Crippen molar-refractivity contribution < 1.29 is 4.79 Å². The first-order valence-electron chi connectivity index (χ1n) is 5.12. The zero-order chi connectivity index (χ0) is 12.7. The van der Waals surface area contributed by atoms with Gasteiger partial charge >= 0.3 is 0 Å². The third-order valence-electron chi connectivity index (χ3n) is 2.54. The average Bonchev–Trinajstić information content (AvgIpc) is 2.87. The zero-order valence-electron chi connectivity index (χ0n) is 8.94. The molecule has 0 atom stereocenters. The maximum absolute atomic E-state index is 12.3. The minimum Gasteiger partial charge on any atom is -0.288 e. The Morgan fingerprint density at radius 1 is 1.06 bits per heavy atom. The van der Waals surface area contributed by atoms with E-state index in [1.165, 1.54) is 11.3 Å². The van der Waals surface area contributed by atoms with Crippen molar-refractivity contribution >= 4 is 61.1 Å². The largest absolute Gasteiger partial charge is 0.288 e. The van der Waals surface area contributed by atoms with Crippen molar-refractivity contribution in [1.29, 1.82) is 0 Å². The van der Waals surface area contributed by atoms with E-state index in [-0.39, 0.29) is 5.78 Å². The van der Waals surface area contributed by atoms with Crippen LogP contribution >= 0.6 is 45.9 Å². The number of fused-ring (bicyclic) bond motifs is 1. The van der Waals surface area contributed by atoms with E-state index in [0.717, 1.165) is 9.40 Å². The molecule has 0 amide bonds. The van der Waals surface area contributed by atoms with Gasteiger partial charge in [0.25, 0.3) is 0 Å². The highest BCUT2D eigenvalue weighted by molar-refractivity contribution is 7.28. The number of halogens is 2. The van der Waals surface area contributed by atoms with E-state index in [0.29, 0.717) is 20.5 Å². The number of hydrogen-bond donors (Lipinski definition) is 0. The van der Waals surface area contributed by atoms with E-state index in [4.69, 9.17) is 23.2 Å². The minimum absolute atomic E-state index is 0.0509. The smallest absolute Gasteiger partial charge is 0.204 e. The molecule has 0 aliphatic heterocycles. The summed E-state index contributed by atoms with van der Waals surface area (Å²) in [7, 11) is 0. The van der Waals surface area contributed by atoms with Crippen molar-refractivity contribution in [2.24, 2.45) is 0 Å². The van der Waals surface area contributed by atoms with Gasteiger partial charge in [-0.15, -0.1) is 22.7 Å². The Kier molecular flexibility index (Phi) is 3.16. The fourth-order valence-electron chi connectivity index (χ4n) is 1.68. The summed E-state index contributed by atoms with van der Waals surface area (Å²) >= 11 is 15.0. The van der Waals surface area contributed by atoms with E-state index in [1.54, 1.807) is 29.5 Å². The van der Waals surface area contributed by atoms with E-state index < -0.39 is 0 Å². The van der Waals surface area contributed by atoms with Crippen LogP contribution in [0.25, 0.3) is 9.40 Å². The van der Waals surface area contributed by atoms with E-state index in [9.17, 15) is 4.79 Å². The lowest BCUT2D eigenvalue weighted by molar-refractivity contribution is 0.104. The van der Waals surface area contributed by atoms with Gasteiger partial charge in [0.1, 0.15) is 0 Å². The summed E-state index contributed by atoms with van der Waals surface area (Å²) in [4.78, 5) is 13.0. The molecule has 0 unspecified atom stereocenters. The molecule has 0 saturated carbocycles. The van der Waals surface area contributed by atoms with Crippen LogP contribution in [-0.2, 0) is 0 Å². The molecular weight excluding hydrogens is 307 g/mol. The predicted molar refractivity (Wildman–Crippen MR) is 79.6 cm³/mol. The maximum Gasteiger partial charge on any atom is 0.204 e. The second-order valence-corrected chi connectivity index (χ2v) is 6.59. The molecule has 2 aromatic heterocycles. The summed E-state index contributed by atoms with van der Waals surface area (Å²) in [6, 6.07) is 8.87. The molecule has 3 rings (SSSR count). The molecule has 2 heterocycles. The average molecular weight is 313 g/mol. The van der Waals surface area contributed by atoms with Crippen LogP contribution in [-0.4, -0.2) is 5.78 Å². The molecule has 0 saturated heterocycles. The number of benzene rings is 1. The van der Waals surface area contributed by atoms with Gasteiger partial charge in [0.05, 0.1) is 9.90 Å². The van der Waals surface area contributed by atoms with Crippen LogP contribution in [0.1, 0.15) is 15.2 Å². The molecule has 0 aliphatic carbocycles. The monoisotopic (exact) mass is 312 g/mol. The van der Waals surface area contributed by atoms with Crippen molar-refractivity contribution in [3.63, 3.8) is 0 Å². The fraction of sp³-hybridized carbons (Fsp3) is 0. The number of ketones is 1. The van der Waals surface area contributed by atoms with Gasteiger partial charge in [0.2, 0.25) is 5.78 Å². The number of carbonyl (C=O) groups excluding carboxylic acids is 1. The second kappa shape index (κ2) is 4.67. The number of hydrogen-bond acceptors (Lipinski definition) is 3. The Balaban J connectivity index is 2.06. The molecule has 1 nitrogen and oxygen atoms in total. The molecule has 0 radical (unpaired) electrons. The third kappa shape index (κ3) is 2.08. The molecule has 1 aromatic carbocycles. The molecule has 18 heavy (non-hydrogen) atoms. The van der Waals surface area contributed by atoms with Crippen molar-refractivity contribution in [1.82, 2.24) is 0 Å². The highest BCUT2D eigenvalue weighted by atomic mass is 35.5. The van der Waals surface area contributed by atoms with Crippen LogP contribution in [0.15, 0.2) is 35.7 Å². The van der Waals surface area contributed by atoms with E-state index in [1.807, 2.05) is 17.5 Å². The van der Waals surface area contributed by atoms with Gasteiger partial charge in [-0.05, 0) is 35.7 Å². The third-order valence-corrected chi connectivity index (χ3v) is 5.18. The zero-order valence-corrected chi connectivity index (χ0v) is 12.1. The standard InChI is InChI=1S/C13H6Cl2OS2/c14-7-1-2-8(9(15)5-7)13(16)12-6-11-10(18-12)3-4-17-11/h1-6H. The predicted octanol–water partition coefficient (Wildman–Crippen LogP) is 5.50. The number of carbonyl (C=O) groups is 1. The molecule has 0 spiro atoms. The quantitative estimate of drug-likeness (QED) is 0.571. The lowest BCUT2D eigenvalue weighted by atomic mass is 10.1. The minimum atomic E-state index is -0.0509. The lowest BCUT2D eigenvalue weighted by Gasteiger charge is -2.01. The highest BCUT2D eigenvalue weighted by Crippen LogP contribution is 2.32. The molecule has 5 heteroatoms. The van der Waals surface area contributed by atoms with Crippen LogP contribution in [0.3, 0.4) is 0 Å². The van der Waals surface area contributed by atoms with Gasteiger partial charge in [-0.1, -0.05) is 23.2 Å². The van der Waals surface area contributed by atoms with Crippen LogP contribution in [0.4, 0.5) is 0 Å². The Bertz CT molecular complexity index is 714. The fourth-order valence-corrected chi connectivity index (χ4v) is 4.24. The van der Waals surface area contributed by atoms with Crippen molar-refractivity contribution in [3.05, 3.63) is 56.2 Å². The highest BCUT2D eigenvalue weighted by Gasteiger charge is 2.16. The lowest BCUT2D eigenvalue weighted by Crippen LogP contribution is -1.99. The summed E-state index contributed by atoms with van der Waals surface area (Å²) in [5.41, 5.74) is 0.495. The molecule has 3 aromatic rings. The molecular formula is C13H6Cl2OS2. The summed E-state index contributed by atoms with van der Waals surface area (Å²) in [6.07, 6.45) is 0. The molecule has 90 valence electrons. The molecule has 0 bridgehead atoms. The van der Waals surface area contributed by atoms with Crippen molar-refractivity contribution in [3.8, 4) is 0 Å². The summed E-state index contributed by atoms with van der Waals surface area (Å²) < 4.78 is 2.27. The first-order valence-corrected chi connectivity index (χ1v) is 7.57. The summed E-state index contributed by atoms with van der Waals surface area (Å²) in [5.74, 6) is -0.0509.